The lowest BCUT2D eigenvalue weighted by Crippen LogP contribution is -2.42. The lowest BCUT2D eigenvalue weighted by molar-refractivity contribution is -0.274. The van der Waals surface area contributed by atoms with Crippen LogP contribution in [0.4, 0.5) is 18.9 Å². The molecule has 1 aromatic carbocycles. The number of halogens is 3. The van der Waals surface area contributed by atoms with Gasteiger partial charge in [-0.3, -0.25) is 24.2 Å². The van der Waals surface area contributed by atoms with Crippen LogP contribution in [-0.2, 0) is 14.4 Å². The van der Waals surface area contributed by atoms with Gasteiger partial charge in [0.1, 0.15) is 5.75 Å². The lowest BCUT2D eigenvalue weighted by atomic mass is 10.2. The smallest absolute Gasteiger partial charge is 0.406 e. The minimum absolute atomic E-state index is 0.00257. The first-order valence-electron chi connectivity index (χ1n) is 7.23. The molecule has 1 fully saturated rings. The SMILES string of the molecule is CN1C(=O)C[C@H](N(C)CC(=O)Nc2ccc(OC(F)(F)F)cc2)C1=O. The molecule has 1 N–H and O–H groups in total. The van der Waals surface area contributed by atoms with Crippen LogP contribution in [0, 0.1) is 0 Å². The molecule has 1 atom stereocenters. The van der Waals surface area contributed by atoms with Crippen molar-refractivity contribution >= 4 is 23.4 Å². The van der Waals surface area contributed by atoms with Gasteiger partial charge in [0, 0.05) is 12.7 Å². The van der Waals surface area contributed by atoms with Crippen molar-refractivity contribution in [1.82, 2.24) is 9.80 Å². The van der Waals surface area contributed by atoms with E-state index in [9.17, 15) is 27.6 Å². The van der Waals surface area contributed by atoms with Crippen LogP contribution < -0.4 is 10.1 Å². The maximum Gasteiger partial charge on any atom is 0.573 e. The van der Waals surface area contributed by atoms with Crippen molar-refractivity contribution in [3.05, 3.63) is 24.3 Å². The fraction of sp³-hybridized carbons (Fsp3) is 0.400. The van der Waals surface area contributed by atoms with E-state index >= 15 is 0 Å². The molecule has 7 nitrogen and oxygen atoms in total. The molecule has 10 heteroatoms. The van der Waals surface area contributed by atoms with Gasteiger partial charge in [0.05, 0.1) is 19.0 Å². The molecule has 0 spiro atoms. The van der Waals surface area contributed by atoms with E-state index in [1.807, 2.05) is 0 Å². The van der Waals surface area contributed by atoms with Gasteiger partial charge in [0.25, 0.3) is 0 Å². The zero-order chi connectivity index (χ0) is 18.8. The van der Waals surface area contributed by atoms with Gasteiger partial charge in [-0.15, -0.1) is 13.2 Å². The summed E-state index contributed by atoms with van der Waals surface area (Å²) >= 11 is 0. The van der Waals surface area contributed by atoms with Crippen molar-refractivity contribution in [1.29, 1.82) is 0 Å². The summed E-state index contributed by atoms with van der Waals surface area (Å²) in [6.07, 6.45) is -4.78. The molecule has 1 aliphatic heterocycles. The summed E-state index contributed by atoms with van der Waals surface area (Å²) in [6, 6.07) is 3.96. The van der Waals surface area contributed by atoms with Crippen LogP contribution >= 0.6 is 0 Å². The number of amides is 3. The van der Waals surface area contributed by atoms with E-state index in [4.69, 9.17) is 0 Å². The van der Waals surface area contributed by atoms with Gasteiger partial charge in [0.15, 0.2) is 0 Å². The van der Waals surface area contributed by atoms with E-state index in [1.165, 1.54) is 31.1 Å². The summed E-state index contributed by atoms with van der Waals surface area (Å²) in [5.41, 5.74) is 0.277. The molecule has 2 rings (SSSR count). The summed E-state index contributed by atoms with van der Waals surface area (Å²) in [7, 11) is 2.91. The number of carbonyl (C=O) groups is 3. The Bertz CT molecular complexity index is 676. The van der Waals surface area contributed by atoms with Gasteiger partial charge in [-0.25, -0.2) is 0 Å². The van der Waals surface area contributed by atoms with Gasteiger partial charge in [-0.2, -0.15) is 0 Å². The van der Waals surface area contributed by atoms with Gasteiger partial charge in [0.2, 0.25) is 17.7 Å². The lowest BCUT2D eigenvalue weighted by Gasteiger charge is -2.21. The number of rotatable bonds is 5. The Morgan fingerprint density at radius 3 is 2.40 bits per heavy atom. The molecule has 3 amide bonds. The van der Waals surface area contributed by atoms with E-state index < -0.39 is 24.1 Å². The molecule has 1 heterocycles. The van der Waals surface area contributed by atoms with Crippen molar-refractivity contribution in [3.63, 3.8) is 0 Å². The standard InChI is InChI=1S/C15H16F3N3O4/c1-20(11-7-13(23)21(2)14(11)24)8-12(22)19-9-3-5-10(6-4-9)25-15(16,17)18/h3-6,11H,7-8H2,1-2H3,(H,19,22)/t11-/m0/s1. The monoisotopic (exact) mass is 359 g/mol. The highest BCUT2D eigenvalue weighted by Gasteiger charge is 2.38. The molecule has 136 valence electrons. The van der Waals surface area contributed by atoms with Gasteiger partial charge in [-0.1, -0.05) is 0 Å². The fourth-order valence-electron chi connectivity index (χ4n) is 2.36. The first-order chi connectivity index (χ1) is 11.6. The van der Waals surface area contributed by atoms with E-state index in [1.54, 1.807) is 0 Å². The number of hydrogen-bond donors (Lipinski definition) is 1. The maximum atomic E-state index is 12.1. The zero-order valence-corrected chi connectivity index (χ0v) is 13.5. The number of benzene rings is 1. The second kappa shape index (κ2) is 7.09. The summed E-state index contributed by atoms with van der Waals surface area (Å²) in [6.45, 7) is -0.154. The summed E-state index contributed by atoms with van der Waals surface area (Å²) in [4.78, 5) is 37.8. The Labute approximate surface area is 141 Å². The molecule has 0 saturated carbocycles. The number of imide groups is 1. The van der Waals surface area contributed by atoms with Crippen LogP contribution in [-0.4, -0.2) is 60.6 Å². The summed E-state index contributed by atoms with van der Waals surface area (Å²) in [5.74, 6) is -1.57. The number of anilines is 1. The molecule has 0 aliphatic carbocycles. The van der Waals surface area contributed by atoms with Crippen molar-refractivity contribution in [2.45, 2.75) is 18.8 Å². The van der Waals surface area contributed by atoms with Gasteiger partial charge < -0.3 is 10.1 Å². The van der Waals surface area contributed by atoms with Gasteiger partial charge >= 0.3 is 6.36 Å². The molecule has 25 heavy (non-hydrogen) atoms. The fourth-order valence-corrected chi connectivity index (χ4v) is 2.36. The van der Waals surface area contributed by atoms with E-state index in [0.717, 1.165) is 17.0 Å². The number of hydrogen-bond acceptors (Lipinski definition) is 5. The number of ether oxygens (including phenoxy) is 1. The Kier molecular flexibility index (Phi) is 5.31. The zero-order valence-electron chi connectivity index (χ0n) is 13.5. The van der Waals surface area contributed by atoms with E-state index in [2.05, 4.69) is 10.1 Å². The highest BCUT2D eigenvalue weighted by Crippen LogP contribution is 2.24. The first-order valence-corrected chi connectivity index (χ1v) is 7.23. The number of likely N-dealkylation sites (N-methyl/N-ethyl adjacent to an activating group) is 2. The van der Waals surface area contributed by atoms with E-state index in [0.29, 0.717) is 0 Å². The number of carbonyl (C=O) groups excluding carboxylic acids is 3. The third-order valence-corrected chi connectivity index (χ3v) is 3.65. The average molecular weight is 359 g/mol. The molecule has 0 radical (unpaired) electrons. The minimum Gasteiger partial charge on any atom is -0.406 e. The van der Waals surface area contributed by atoms with Crippen LogP contribution in [0.15, 0.2) is 24.3 Å². The van der Waals surface area contributed by atoms with Crippen LogP contribution in [0.2, 0.25) is 0 Å². The topological polar surface area (TPSA) is 79.0 Å². The van der Waals surface area contributed by atoms with Crippen LogP contribution in [0.25, 0.3) is 0 Å². The molecule has 0 bridgehead atoms. The highest BCUT2D eigenvalue weighted by atomic mass is 19.4. The molecule has 1 aromatic rings. The third kappa shape index (κ3) is 4.92. The maximum absolute atomic E-state index is 12.1. The Morgan fingerprint density at radius 1 is 1.32 bits per heavy atom. The number of nitrogens with one attached hydrogen (secondary N) is 1. The Hall–Kier alpha value is -2.62. The van der Waals surface area contributed by atoms with E-state index in [-0.39, 0.29) is 30.5 Å². The predicted octanol–water partition coefficient (Wildman–Crippen LogP) is 1.21. The van der Waals surface area contributed by atoms with Crippen molar-refractivity contribution < 1.29 is 32.3 Å². The average Bonchev–Trinajstić information content (AvgIpc) is 2.75. The summed E-state index contributed by atoms with van der Waals surface area (Å²) in [5, 5.41) is 2.50. The Morgan fingerprint density at radius 2 is 1.92 bits per heavy atom. The van der Waals surface area contributed by atoms with Crippen LogP contribution in [0.3, 0.4) is 0 Å². The van der Waals surface area contributed by atoms with Crippen molar-refractivity contribution in [2.24, 2.45) is 0 Å². The second-order valence-corrected chi connectivity index (χ2v) is 5.55. The highest BCUT2D eigenvalue weighted by molar-refractivity contribution is 6.05. The quantitative estimate of drug-likeness (QED) is 0.800. The molecule has 0 aromatic heterocycles. The molecular formula is C15H16F3N3O4. The predicted molar refractivity (Wildman–Crippen MR) is 80.6 cm³/mol. The van der Waals surface area contributed by atoms with Crippen LogP contribution in [0.1, 0.15) is 6.42 Å². The molecule has 0 unspecified atom stereocenters. The summed E-state index contributed by atoms with van der Waals surface area (Å²) < 4.78 is 40.0. The van der Waals surface area contributed by atoms with Crippen molar-refractivity contribution in [3.8, 4) is 5.75 Å². The minimum atomic E-state index is -4.79. The number of alkyl halides is 3. The second-order valence-electron chi connectivity index (χ2n) is 5.55. The largest absolute Gasteiger partial charge is 0.573 e. The van der Waals surface area contributed by atoms with Crippen molar-refractivity contribution in [2.75, 3.05) is 26.0 Å². The van der Waals surface area contributed by atoms with Gasteiger partial charge in [-0.05, 0) is 31.3 Å². The Balaban J connectivity index is 1.90. The first kappa shape index (κ1) is 18.7. The molecule has 1 saturated heterocycles. The number of likely N-dealkylation sites (tertiary alicyclic amines) is 1. The number of nitrogens with zero attached hydrogens (tertiary/aromatic N) is 2. The normalized spacial score (nSPS) is 18.0. The third-order valence-electron chi connectivity index (χ3n) is 3.65. The van der Waals surface area contributed by atoms with Crippen LogP contribution in [0.5, 0.6) is 5.75 Å². The molecular weight excluding hydrogens is 343 g/mol. The molecule has 1 aliphatic rings.